The van der Waals surface area contributed by atoms with Crippen molar-refractivity contribution in [3.63, 3.8) is 0 Å². The van der Waals surface area contributed by atoms with Crippen LogP contribution in [0, 0.1) is 29.9 Å². The van der Waals surface area contributed by atoms with Gasteiger partial charge in [0.15, 0.2) is 10.1 Å². The number of hydrogen-bond donors (Lipinski definition) is 0. The molecule has 3 aromatic rings. The highest BCUT2D eigenvalue weighted by Gasteiger charge is 2.17. The molecule has 28 heavy (non-hydrogen) atoms. The SMILES string of the molecule is Cc1cc(C(=O)CSc2nc3ccc([N+](=O)[O-])cc3s2)c(C)n1CCC(C)C. The fourth-order valence-electron chi connectivity index (χ4n) is 3.09. The molecule has 8 heteroatoms. The molecule has 6 nitrogen and oxygen atoms in total. The molecule has 2 aromatic heterocycles. The normalized spacial score (nSPS) is 11.5. The molecule has 0 radical (unpaired) electrons. The minimum atomic E-state index is -0.412. The number of Topliss-reactive ketones (excluding diaryl/α,β-unsaturated/α-hetero) is 1. The quantitative estimate of drug-likeness (QED) is 0.205. The van der Waals surface area contributed by atoms with Crippen molar-refractivity contribution in [2.24, 2.45) is 5.92 Å². The summed E-state index contributed by atoms with van der Waals surface area (Å²) in [6, 6.07) is 6.60. The van der Waals surface area contributed by atoms with Crippen molar-refractivity contribution in [3.05, 3.63) is 51.3 Å². The Kier molecular flexibility index (Phi) is 6.20. The van der Waals surface area contributed by atoms with Crippen molar-refractivity contribution in [1.29, 1.82) is 0 Å². The summed E-state index contributed by atoms with van der Waals surface area (Å²) in [6.45, 7) is 9.36. The van der Waals surface area contributed by atoms with Crippen LogP contribution in [0.3, 0.4) is 0 Å². The van der Waals surface area contributed by atoms with Crippen LogP contribution in [0.15, 0.2) is 28.6 Å². The molecule has 0 bridgehead atoms. The Morgan fingerprint density at radius 1 is 1.32 bits per heavy atom. The van der Waals surface area contributed by atoms with E-state index in [0.29, 0.717) is 11.7 Å². The Morgan fingerprint density at radius 2 is 2.07 bits per heavy atom. The van der Waals surface area contributed by atoms with E-state index in [-0.39, 0.29) is 11.5 Å². The topological polar surface area (TPSA) is 78.0 Å². The van der Waals surface area contributed by atoms with Gasteiger partial charge in [0.05, 0.1) is 20.9 Å². The Morgan fingerprint density at radius 3 is 2.75 bits per heavy atom. The molecule has 0 aliphatic heterocycles. The van der Waals surface area contributed by atoms with E-state index < -0.39 is 4.92 Å². The maximum absolute atomic E-state index is 12.8. The van der Waals surface area contributed by atoms with Crippen molar-refractivity contribution in [2.75, 3.05) is 5.75 Å². The predicted molar refractivity (Wildman–Crippen MR) is 115 cm³/mol. The molecule has 0 saturated heterocycles. The summed E-state index contributed by atoms with van der Waals surface area (Å²) in [4.78, 5) is 27.7. The molecule has 1 aromatic carbocycles. The summed E-state index contributed by atoms with van der Waals surface area (Å²) in [5.74, 6) is 1.00. The number of thiazole rings is 1. The van der Waals surface area contributed by atoms with Gasteiger partial charge in [0, 0.05) is 35.6 Å². The molecule has 148 valence electrons. The van der Waals surface area contributed by atoms with Crippen molar-refractivity contribution in [2.45, 2.75) is 45.0 Å². The third-order valence-corrected chi connectivity index (χ3v) is 6.86. The molecule has 2 heterocycles. The highest BCUT2D eigenvalue weighted by Crippen LogP contribution is 2.32. The standard InChI is InChI=1S/C20H23N3O3S2/c1-12(2)7-8-22-13(3)9-16(14(22)4)18(24)11-27-20-21-17-6-5-15(23(25)26)10-19(17)28-20/h5-6,9-10,12H,7-8,11H2,1-4H3. The van der Waals surface area contributed by atoms with Crippen LogP contribution in [-0.4, -0.2) is 26.0 Å². The number of ketones is 1. The number of aryl methyl sites for hydroxylation is 1. The number of non-ortho nitro benzene ring substituents is 1. The largest absolute Gasteiger partial charge is 0.348 e. The van der Waals surface area contributed by atoms with Crippen LogP contribution in [0.5, 0.6) is 0 Å². The van der Waals surface area contributed by atoms with Crippen LogP contribution in [0.2, 0.25) is 0 Å². The van der Waals surface area contributed by atoms with Crippen LogP contribution >= 0.6 is 23.1 Å². The maximum Gasteiger partial charge on any atom is 0.270 e. The van der Waals surface area contributed by atoms with E-state index in [2.05, 4.69) is 23.4 Å². The zero-order valence-corrected chi connectivity index (χ0v) is 18.0. The minimum Gasteiger partial charge on any atom is -0.348 e. The summed E-state index contributed by atoms with van der Waals surface area (Å²) in [7, 11) is 0. The van der Waals surface area contributed by atoms with Gasteiger partial charge in [-0.3, -0.25) is 14.9 Å². The first kappa shape index (κ1) is 20.5. The maximum atomic E-state index is 12.8. The Balaban J connectivity index is 1.71. The Labute approximate surface area is 172 Å². The van der Waals surface area contributed by atoms with E-state index in [1.807, 2.05) is 19.9 Å². The van der Waals surface area contributed by atoms with Gasteiger partial charge >= 0.3 is 0 Å². The predicted octanol–water partition coefficient (Wildman–Crippen LogP) is 5.64. The van der Waals surface area contributed by atoms with E-state index in [1.165, 1.54) is 35.2 Å². The second-order valence-electron chi connectivity index (χ2n) is 7.22. The number of nitrogens with zero attached hydrogens (tertiary/aromatic N) is 3. The van der Waals surface area contributed by atoms with Gasteiger partial charge in [-0.1, -0.05) is 25.6 Å². The number of benzene rings is 1. The number of fused-ring (bicyclic) bond motifs is 1. The van der Waals surface area contributed by atoms with Crippen LogP contribution in [0.25, 0.3) is 10.2 Å². The van der Waals surface area contributed by atoms with Crippen LogP contribution in [0.1, 0.15) is 42.0 Å². The summed E-state index contributed by atoms with van der Waals surface area (Å²) >= 11 is 2.76. The molecule has 0 N–H and O–H groups in total. The fourth-order valence-corrected chi connectivity index (χ4v) is 5.07. The molecule has 3 rings (SSSR count). The first-order chi connectivity index (χ1) is 13.3. The Bertz CT molecular complexity index is 1040. The van der Waals surface area contributed by atoms with Crippen molar-refractivity contribution >= 4 is 44.8 Å². The third kappa shape index (κ3) is 4.44. The average molecular weight is 418 g/mol. The lowest BCUT2D eigenvalue weighted by atomic mass is 10.1. The second-order valence-corrected chi connectivity index (χ2v) is 9.47. The number of nitro groups is 1. The minimum absolute atomic E-state index is 0.0533. The summed E-state index contributed by atoms with van der Waals surface area (Å²) in [5, 5.41) is 10.9. The summed E-state index contributed by atoms with van der Waals surface area (Å²) < 4.78 is 3.72. The van der Waals surface area contributed by atoms with Gasteiger partial charge in [-0.25, -0.2) is 4.98 Å². The van der Waals surface area contributed by atoms with Gasteiger partial charge in [0.1, 0.15) is 0 Å². The highest BCUT2D eigenvalue weighted by molar-refractivity contribution is 8.01. The van der Waals surface area contributed by atoms with Crippen molar-refractivity contribution < 1.29 is 9.72 Å². The average Bonchev–Trinajstić information content (AvgIpc) is 3.17. The third-order valence-electron chi connectivity index (χ3n) is 4.69. The van der Waals surface area contributed by atoms with Gasteiger partial charge in [-0.05, 0) is 38.3 Å². The first-order valence-electron chi connectivity index (χ1n) is 9.14. The van der Waals surface area contributed by atoms with Crippen LogP contribution in [0.4, 0.5) is 5.69 Å². The number of carbonyl (C=O) groups is 1. The van der Waals surface area contributed by atoms with Gasteiger partial charge in [0.25, 0.3) is 5.69 Å². The molecule has 0 aliphatic rings. The Hall–Kier alpha value is -2.19. The monoisotopic (exact) mass is 417 g/mol. The molecular formula is C20H23N3O3S2. The number of nitro benzene ring substituents is 1. The number of carbonyl (C=O) groups excluding carboxylic acids is 1. The molecule has 0 fully saturated rings. The lowest BCUT2D eigenvalue weighted by Crippen LogP contribution is -2.08. The lowest BCUT2D eigenvalue weighted by Gasteiger charge is -2.11. The zero-order valence-electron chi connectivity index (χ0n) is 16.4. The number of rotatable bonds is 8. The van der Waals surface area contributed by atoms with E-state index in [4.69, 9.17) is 0 Å². The van der Waals surface area contributed by atoms with Gasteiger partial charge < -0.3 is 4.57 Å². The second kappa shape index (κ2) is 8.45. The molecule has 0 aliphatic carbocycles. The van der Waals surface area contributed by atoms with E-state index in [0.717, 1.165) is 44.5 Å². The van der Waals surface area contributed by atoms with Gasteiger partial charge in [-0.15, -0.1) is 11.3 Å². The van der Waals surface area contributed by atoms with Crippen LogP contribution in [-0.2, 0) is 6.54 Å². The number of aromatic nitrogens is 2. The number of thioether (sulfide) groups is 1. The molecule has 0 saturated carbocycles. The highest BCUT2D eigenvalue weighted by atomic mass is 32.2. The number of hydrogen-bond acceptors (Lipinski definition) is 6. The van der Waals surface area contributed by atoms with Crippen molar-refractivity contribution in [1.82, 2.24) is 9.55 Å². The van der Waals surface area contributed by atoms with Crippen molar-refractivity contribution in [3.8, 4) is 0 Å². The molecule has 0 unspecified atom stereocenters. The molecule has 0 amide bonds. The van der Waals surface area contributed by atoms with E-state index >= 15 is 0 Å². The van der Waals surface area contributed by atoms with E-state index in [1.54, 1.807) is 6.07 Å². The molecule has 0 spiro atoms. The van der Waals surface area contributed by atoms with Gasteiger partial charge in [-0.2, -0.15) is 0 Å². The summed E-state index contributed by atoms with van der Waals surface area (Å²) in [5.41, 5.74) is 3.67. The summed E-state index contributed by atoms with van der Waals surface area (Å²) in [6.07, 6.45) is 1.08. The fraction of sp³-hybridized carbons (Fsp3) is 0.400. The smallest absolute Gasteiger partial charge is 0.270 e. The first-order valence-corrected chi connectivity index (χ1v) is 10.9. The van der Waals surface area contributed by atoms with E-state index in [9.17, 15) is 14.9 Å². The molecule has 0 atom stereocenters. The molecular weight excluding hydrogens is 394 g/mol. The lowest BCUT2D eigenvalue weighted by molar-refractivity contribution is -0.384. The van der Waals surface area contributed by atoms with Gasteiger partial charge in [0.2, 0.25) is 0 Å². The van der Waals surface area contributed by atoms with Crippen LogP contribution < -0.4 is 0 Å². The zero-order chi connectivity index (χ0) is 20.4.